The Hall–Kier alpha value is -1.14. The van der Waals surface area contributed by atoms with Gasteiger partial charge in [-0.25, -0.2) is 0 Å². The molecule has 112 valence electrons. The van der Waals surface area contributed by atoms with Gasteiger partial charge in [-0.3, -0.25) is 9.59 Å². The Bertz CT molecular complexity index is 370. The van der Waals surface area contributed by atoms with E-state index in [1.54, 1.807) is 0 Å². The number of carbonyl (C=O) groups is 2. The van der Waals surface area contributed by atoms with Gasteiger partial charge in [-0.2, -0.15) is 0 Å². The lowest BCUT2D eigenvalue weighted by Crippen LogP contribution is -2.53. The second kappa shape index (κ2) is 6.10. The number of likely N-dealkylation sites (tertiary alicyclic amines) is 1. The number of piperidine rings is 1. The third kappa shape index (κ3) is 3.30. The van der Waals surface area contributed by atoms with Crippen LogP contribution in [0.5, 0.6) is 0 Å². The van der Waals surface area contributed by atoms with E-state index >= 15 is 0 Å². The van der Waals surface area contributed by atoms with Crippen LogP contribution in [0.15, 0.2) is 0 Å². The molecule has 2 saturated heterocycles. The lowest BCUT2D eigenvalue weighted by Gasteiger charge is -2.33. The first-order chi connectivity index (χ1) is 9.74. The third-order valence-corrected chi connectivity index (χ3v) is 4.30. The number of ether oxygens (including phenoxy) is 1. The minimum absolute atomic E-state index is 0.0239. The summed E-state index contributed by atoms with van der Waals surface area (Å²) in [4.78, 5) is 25.9. The van der Waals surface area contributed by atoms with Crippen molar-refractivity contribution in [1.29, 1.82) is 0 Å². The van der Waals surface area contributed by atoms with E-state index in [0.717, 1.165) is 45.3 Å². The summed E-state index contributed by atoms with van der Waals surface area (Å²) in [5, 5.41) is 6.21. The lowest BCUT2D eigenvalue weighted by molar-refractivity contribution is -0.136. The first-order valence-electron chi connectivity index (χ1n) is 7.65. The van der Waals surface area contributed by atoms with Crippen LogP contribution in [0.2, 0.25) is 0 Å². The van der Waals surface area contributed by atoms with Gasteiger partial charge in [-0.15, -0.1) is 0 Å². The summed E-state index contributed by atoms with van der Waals surface area (Å²) < 4.78 is 5.44. The molecule has 6 heteroatoms. The van der Waals surface area contributed by atoms with E-state index in [2.05, 4.69) is 10.6 Å². The quantitative estimate of drug-likeness (QED) is 0.731. The molecular weight excluding hydrogens is 258 g/mol. The van der Waals surface area contributed by atoms with Gasteiger partial charge in [0.2, 0.25) is 5.91 Å². The topological polar surface area (TPSA) is 70.7 Å². The molecule has 1 saturated carbocycles. The molecule has 6 nitrogen and oxygen atoms in total. The van der Waals surface area contributed by atoms with Crippen molar-refractivity contribution in [3.8, 4) is 0 Å². The van der Waals surface area contributed by atoms with Gasteiger partial charge in [-0.05, 0) is 25.7 Å². The molecule has 0 aromatic rings. The number of hydrogen-bond acceptors (Lipinski definition) is 4. The number of hydrogen-bond donors (Lipinski definition) is 2. The van der Waals surface area contributed by atoms with Gasteiger partial charge in [-0.1, -0.05) is 0 Å². The first-order valence-corrected chi connectivity index (χ1v) is 7.65. The van der Waals surface area contributed by atoms with Gasteiger partial charge in [0, 0.05) is 38.1 Å². The molecule has 2 N–H and O–H groups in total. The van der Waals surface area contributed by atoms with Crippen molar-refractivity contribution in [2.45, 2.75) is 37.8 Å². The van der Waals surface area contributed by atoms with Gasteiger partial charge in [0.05, 0.1) is 6.61 Å². The van der Waals surface area contributed by atoms with Gasteiger partial charge in [0.25, 0.3) is 5.91 Å². The Labute approximate surface area is 119 Å². The molecule has 0 bridgehead atoms. The maximum atomic E-state index is 12.0. The second-order valence-corrected chi connectivity index (χ2v) is 5.95. The minimum atomic E-state index is -0.366. The summed E-state index contributed by atoms with van der Waals surface area (Å²) in [7, 11) is 0. The number of carbonyl (C=O) groups excluding carboxylic acids is 2. The van der Waals surface area contributed by atoms with Gasteiger partial charge in [0.15, 0.2) is 0 Å². The van der Waals surface area contributed by atoms with Gasteiger partial charge < -0.3 is 20.3 Å². The molecule has 1 aliphatic carbocycles. The number of morpholine rings is 1. The predicted octanol–water partition coefficient (Wildman–Crippen LogP) is -0.508. The highest BCUT2D eigenvalue weighted by molar-refractivity contribution is 5.82. The molecular formula is C14H23N3O3. The normalized spacial score (nSPS) is 28.2. The van der Waals surface area contributed by atoms with Crippen molar-refractivity contribution in [3.63, 3.8) is 0 Å². The summed E-state index contributed by atoms with van der Waals surface area (Å²) >= 11 is 0. The highest BCUT2D eigenvalue weighted by Gasteiger charge is 2.35. The van der Waals surface area contributed by atoms with E-state index in [1.807, 2.05) is 4.90 Å². The van der Waals surface area contributed by atoms with E-state index in [-0.39, 0.29) is 18.1 Å². The zero-order valence-electron chi connectivity index (χ0n) is 11.8. The summed E-state index contributed by atoms with van der Waals surface area (Å²) in [5.41, 5.74) is 0. The fraction of sp³-hybridized carbons (Fsp3) is 0.857. The van der Waals surface area contributed by atoms with Crippen LogP contribution in [-0.2, 0) is 14.3 Å². The molecule has 0 aromatic carbocycles. The summed E-state index contributed by atoms with van der Waals surface area (Å²) in [6, 6.07) is 0.177. The Morgan fingerprint density at radius 1 is 1.15 bits per heavy atom. The zero-order valence-corrected chi connectivity index (χ0v) is 11.8. The predicted molar refractivity (Wildman–Crippen MR) is 73.1 cm³/mol. The van der Waals surface area contributed by atoms with Gasteiger partial charge in [0.1, 0.15) is 6.10 Å². The van der Waals surface area contributed by atoms with E-state index in [9.17, 15) is 9.59 Å². The second-order valence-electron chi connectivity index (χ2n) is 5.95. The van der Waals surface area contributed by atoms with Crippen molar-refractivity contribution in [3.05, 3.63) is 0 Å². The monoisotopic (exact) mass is 281 g/mol. The van der Waals surface area contributed by atoms with Crippen molar-refractivity contribution in [2.75, 3.05) is 32.8 Å². The van der Waals surface area contributed by atoms with Crippen LogP contribution in [0, 0.1) is 5.92 Å². The molecule has 3 fully saturated rings. The van der Waals surface area contributed by atoms with Crippen LogP contribution in [0.25, 0.3) is 0 Å². The number of rotatable bonds is 3. The molecule has 2 aliphatic heterocycles. The van der Waals surface area contributed by atoms with Crippen molar-refractivity contribution < 1.29 is 14.3 Å². The van der Waals surface area contributed by atoms with E-state index < -0.39 is 0 Å². The average Bonchev–Trinajstić information content (AvgIpc) is 3.33. The maximum Gasteiger partial charge on any atom is 0.250 e. The van der Waals surface area contributed by atoms with Crippen LogP contribution >= 0.6 is 0 Å². The smallest absolute Gasteiger partial charge is 0.250 e. The Kier molecular flexibility index (Phi) is 4.21. The highest BCUT2D eigenvalue weighted by Crippen LogP contribution is 2.31. The third-order valence-electron chi connectivity index (χ3n) is 4.30. The average molecular weight is 281 g/mol. The first kappa shape index (κ1) is 13.8. The van der Waals surface area contributed by atoms with Crippen LogP contribution in [-0.4, -0.2) is 61.6 Å². The molecule has 3 rings (SSSR count). The molecule has 2 amide bonds. The molecule has 2 heterocycles. The number of nitrogens with one attached hydrogen (secondary N) is 2. The van der Waals surface area contributed by atoms with Crippen molar-refractivity contribution in [2.24, 2.45) is 5.92 Å². The Balaban J connectivity index is 1.41. The Morgan fingerprint density at radius 3 is 2.50 bits per heavy atom. The number of nitrogens with zero attached hydrogens (tertiary/aromatic N) is 1. The van der Waals surface area contributed by atoms with E-state index in [0.29, 0.717) is 25.0 Å². The van der Waals surface area contributed by atoms with Crippen LogP contribution in [0.3, 0.4) is 0 Å². The van der Waals surface area contributed by atoms with E-state index in [1.165, 1.54) is 0 Å². The van der Waals surface area contributed by atoms with Gasteiger partial charge >= 0.3 is 0 Å². The fourth-order valence-electron chi connectivity index (χ4n) is 2.86. The molecule has 0 aromatic heterocycles. The van der Waals surface area contributed by atoms with Crippen LogP contribution in [0.4, 0.5) is 0 Å². The van der Waals surface area contributed by atoms with Crippen LogP contribution in [0.1, 0.15) is 25.7 Å². The number of amides is 2. The van der Waals surface area contributed by atoms with Crippen LogP contribution < -0.4 is 10.6 Å². The fourth-order valence-corrected chi connectivity index (χ4v) is 2.86. The molecule has 3 aliphatic rings. The molecule has 1 unspecified atom stereocenters. The molecule has 0 spiro atoms. The van der Waals surface area contributed by atoms with Crippen molar-refractivity contribution >= 4 is 11.8 Å². The Morgan fingerprint density at radius 2 is 1.90 bits per heavy atom. The highest BCUT2D eigenvalue weighted by atomic mass is 16.5. The van der Waals surface area contributed by atoms with E-state index in [4.69, 9.17) is 4.74 Å². The zero-order chi connectivity index (χ0) is 13.9. The summed E-state index contributed by atoms with van der Waals surface area (Å²) in [5.74, 6) is 0.585. The molecule has 1 atom stereocenters. The lowest BCUT2D eigenvalue weighted by atomic mass is 10.0. The molecule has 20 heavy (non-hydrogen) atoms. The maximum absolute atomic E-state index is 12.0. The largest absolute Gasteiger partial charge is 0.366 e. The SMILES string of the molecule is O=C(NC1CCN(C(=O)C2CC2)CC1)C1CNCCO1. The minimum Gasteiger partial charge on any atom is -0.366 e. The van der Waals surface area contributed by atoms with Crippen molar-refractivity contribution in [1.82, 2.24) is 15.5 Å². The summed E-state index contributed by atoms with van der Waals surface area (Å²) in [6.45, 7) is 3.52. The standard InChI is InChI=1S/C14H23N3O3/c18-13(12-9-15-5-8-20-12)16-11-3-6-17(7-4-11)14(19)10-1-2-10/h10-12,15H,1-9H2,(H,16,18). The molecule has 0 radical (unpaired) electrons. The summed E-state index contributed by atoms with van der Waals surface area (Å²) in [6.07, 6.45) is 3.45.